The number of thioether (sulfide) groups is 1. The Kier molecular flexibility index (Phi) is 9.43. The lowest BCUT2D eigenvalue weighted by Gasteiger charge is -2.09. The Hall–Kier alpha value is -4.22. The van der Waals surface area contributed by atoms with E-state index in [-0.39, 0.29) is 17.6 Å². The van der Waals surface area contributed by atoms with Crippen LogP contribution in [0.5, 0.6) is 11.5 Å². The van der Waals surface area contributed by atoms with Gasteiger partial charge in [-0.15, -0.1) is 10.2 Å². The summed E-state index contributed by atoms with van der Waals surface area (Å²) in [5, 5.41) is 16.1. The molecule has 1 heterocycles. The van der Waals surface area contributed by atoms with Gasteiger partial charge in [0.1, 0.15) is 18.1 Å². The Morgan fingerprint density at radius 3 is 2.58 bits per heavy atom. The molecular formula is C26H26ClN7O3S. The molecule has 1 aromatic heterocycles. The van der Waals surface area contributed by atoms with Crippen molar-refractivity contribution in [2.24, 2.45) is 5.10 Å². The predicted molar refractivity (Wildman–Crippen MR) is 149 cm³/mol. The summed E-state index contributed by atoms with van der Waals surface area (Å²) in [6, 6.07) is 22.4. The first-order valence-corrected chi connectivity index (χ1v) is 12.9. The number of carbonyl (C=O) groups is 1. The molecule has 4 rings (SSSR count). The third-order valence-electron chi connectivity index (χ3n) is 5.24. The standard InChI is InChI=1S/C26H26ClN7O3S/c1-36-22-12-8-18(9-13-22)14-29-24(35)17-38-26-33-32-25(34(26)28)31-30-15-20-4-2-3-5-23(20)37-16-19-6-10-21(27)11-7-19/h2-13,15H,14,16-17,28H2,1H3,(H,29,35)(H,31,32)/b30-15+. The second-order valence-electron chi connectivity index (χ2n) is 7.91. The van der Waals surface area contributed by atoms with Gasteiger partial charge in [-0.1, -0.05) is 59.8 Å². The van der Waals surface area contributed by atoms with Crippen LogP contribution in [0.2, 0.25) is 5.02 Å². The first-order chi connectivity index (χ1) is 18.5. The summed E-state index contributed by atoms with van der Waals surface area (Å²) in [5.74, 6) is 7.70. The molecule has 4 aromatic rings. The van der Waals surface area contributed by atoms with Crippen LogP contribution >= 0.6 is 23.4 Å². The lowest BCUT2D eigenvalue weighted by molar-refractivity contribution is -0.118. The fourth-order valence-corrected chi connectivity index (χ4v) is 4.01. The van der Waals surface area contributed by atoms with Gasteiger partial charge in [0, 0.05) is 17.1 Å². The number of nitrogens with two attached hydrogens (primary N) is 1. The third-order valence-corrected chi connectivity index (χ3v) is 6.44. The highest BCUT2D eigenvalue weighted by atomic mass is 35.5. The first-order valence-electron chi connectivity index (χ1n) is 11.5. The number of rotatable bonds is 12. The van der Waals surface area contributed by atoms with Crippen molar-refractivity contribution >= 4 is 41.4 Å². The van der Waals surface area contributed by atoms with Gasteiger partial charge in [0.2, 0.25) is 11.1 Å². The number of nitrogens with one attached hydrogen (secondary N) is 2. The van der Waals surface area contributed by atoms with E-state index in [9.17, 15) is 4.79 Å². The molecule has 4 N–H and O–H groups in total. The molecule has 0 bridgehead atoms. The number of halogens is 1. The van der Waals surface area contributed by atoms with Crippen LogP contribution in [0.1, 0.15) is 16.7 Å². The molecule has 1 amide bonds. The second kappa shape index (κ2) is 13.4. The summed E-state index contributed by atoms with van der Waals surface area (Å²) in [5.41, 5.74) is 5.50. The Morgan fingerprint density at radius 1 is 1.08 bits per heavy atom. The largest absolute Gasteiger partial charge is 0.497 e. The van der Waals surface area contributed by atoms with Gasteiger partial charge in [0.25, 0.3) is 5.95 Å². The monoisotopic (exact) mass is 551 g/mol. The molecule has 0 saturated heterocycles. The maximum atomic E-state index is 12.2. The van der Waals surface area contributed by atoms with Crippen molar-refractivity contribution < 1.29 is 14.3 Å². The summed E-state index contributed by atoms with van der Waals surface area (Å²) >= 11 is 7.11. The molecule has 10 nitrogen and oxygen atoms in total. The van der Waals surface area contributed by atoms with E-state index in [2.05, 4.69) is 26.0 Å². The van der Waals surface area contributed by atoms with Crippen LogP contribution in [0.3, 0.4) is 0 Å². The number of benzene rings is 3. The lowest BCUT2D eigenvalue weighted by Crippen LogP contribution is -2.25. The van der Waals surface area contributed by atoms with Gasteiger partial charge in [0.05, 0.1) is 19.1 Å². The molecule has 0 spiro atoms. The topological polar surface area (TPSA) is 129 Å². The molecule has 0 atom stereocenters. The summed E-state index contributed by atoms with van der Waals surface area (Å²) in [4.78, 5) is 12.2. The molecule has 0 aliphatic heterocycles. The van der Waals surface area contributed by atoms with E-state index in [4.69, 9.17) is 26.9 Å². The van der Waals surface area contributed by atoms with Gasteiger partial charge >= 0.3 is 0 Å². The molecule has 0 unspecified atom stereocenters. The van der Waals surface area contributed by atoms with Crippen molar-refractivity contribution in [1.29, 1.82) is 0 Å². The number of para-hydroxylation sites is 1. The Morgan fingerprint density at radius 2 is 1.82 bits per heavy atom. The zero-order valence-electron chi connectivity index (χ0n) is 20.5. The van der Waals surface area contributed by atoms with Gasteiger partial charge in [-0.05, 0) is 47.5 Å². The molecular weight excluding hydrogens is 526 g/mol. The summed E-state index contributed by atoms with van der Waals surface area (Å²) in [6.07, 6.45) is 1.60. The average molecular weight is 552 g/mol. The van der Waals surface area contributed by atoms with Crippen LogP contribution < -0.4 is 26.1 Å². The van der Waals surface area contributed by atoms with E-state index >= 15 is 0 Å². The fraction of sp³-hybridized carbons (Fsp3) is 0.154. The average Bonchev–Trinajstić information content (AvgIpc) is 3.30. The van der Waals surface area contributed by atoms with E-state index in [1.54, 1.807) is 13.3 Å². The molecule has 3 aromatic carbocycles. The number of nitrogens with zero attached hydrogens (tertiary/aromatic N) is 4. The van der Waals surface area contributed by atoms with Crippen molar-refractivity contribution in [3.8, 4) is 11.5 Å². The number of hydrazone groups is 1. The zero-order valence-corrected chi connectivity index (χ0v) is 22.1. The highest BCUT2D eigenvalue weighted by molar-refractivity contribution is 7.99. The van der Waals surface area contributed by atoms with Crippen LogP contribution in [0, 0.1) is 0 Å². The van der Waals surface area contributed by atoms with Gasteiger partial charge < -0.3 is 20.6 Å². The van der Waals surface area contributed by atoms with Crippen LogP contribution in [0.15, 0.2) is 83.1 Å². The van der Waals surface area contributed by atoms with Crippen molar-refractivity contribution in [3.05, 3.63) is 94.5 Å². The summed E-state index contributed by atoms with van der Waals surface area (Å²) < 4.78 is 12.3. The first kappa shape index (κ1) is 26.8. The van der Waals surface area contributed by atoms with E-state index in [0.29, 0.717) is 29.1 Å². The minimum Gasteiger partial charge on any atom is -0.497 e. The van der Waals surface area contributed by atoms with E-state index < -0.39 is 0 Å². The van der Waals surface area contributed by atoms with Crippen molar-refractivity contribution in [2.75, 3.05) is 24.1 Å². The minimum absolute atomic E-state index is 0.132. The minimum atomic E-state index is -0.156. The smallest absolute Gasteiger partial charge is 0.264 e. The molecule has 12 heteroatoms. The molecule has 0 aliphatic rings. The molecule has 0 fully saturated rings. The fourth-order valence-electron chi connectivity index (χ4n) is 3.20. The lowest BCUT2D eigenvalue weighted by atomic mass is 10.2. The van der Waals surface area contributed by atoms with Crippen LogP contribution in [0.25, 0.3) is 0 Å². The molecule has 0 aliphatic carbocycles. The number of carbonyl (C=O) groups excluding carboxylic acids is 1. The maximum absolute atomic E-state index is 12.2. The Balaban J connectivity index is 1.26. The highest BCUT2D eigenvalue weighted by Gasteiger charge is 2.12. The Bertz CT molecular complexity index is 1380. The van der Waals surface area contributed by atoms with E-state index in [0.717, 1.165) is 22.4 Å². The number of nitrogen functional groups attached to an aromatic ring is 1. The number of amides is 1. The van der Waals surface area contributed by atoms with Gasteiger partial charge in [-0.25, -0.2) is 10.1 Å². The quantitative estimate of drug-likeness (QED) is 0.104. The molecule has 196 valence electrons. The number of hydrogen-bond acceptors (Lipinski definition) is 9. The second-order valence-corrected chi connectivity index (χ2v) is 9.29. The van der Waals surface area contributed by atoms with Crippen LogP contribution in [-0.2, 0) is 17.9 Å². The Labute approximate surface area is 229 Å². The SMILES string of the molecule is COc1ccc(CNC(=O)CSc2nnc(N/N=C/c3ccccc3OCc3ccc(Cl)cc3)n2N)cc1. The predicted octanol–water partition coefficient (Wildman–Crippen LogP) is 4.09. The molecule has 0 radical (unpaired) electrons. The van der Waals surface area contributed by atoms with Gasteiger partial charge in [-0.2, -0.15) is 5.10 Å². The number of methoxy groups -OCH3 is 1. The van der Waals surface area contributed by atoms with Crippen LogP contribution in [-0.4, -0.2) is 39.9 Å². The van der Waals surface area contributed by atoms with Gasteiger partial charge in [-0.3, -0.25) is 4.79 Å². The zero-order chi connectivity index (χ0) is 26.7. The number of anilines is 1. The van der Waals surface area contributed by atoms with Crippen molar-refractivity contribution in [3.63, 3.8) is 0 Å². The molecule has 38 heavy (non-hydrogen) atoms. The third kappa shape index (κ3) is 7.64. The molecule has 0 saturated carbocycles. The van der Waals surface area contributed by atoms with Crippen molar-refractivity contribution in [1.82, 2.24) is 20.2 Å². The normalized spacial score (nSPS) is 10.9. The van der Waals surface area contributed by atoms with Crippen molar-refractivity contribution in [2.45, 2.75) is 18.3 Å². The number of aromatic nitrogens is 3. The summed E-state index contributed by atoms with van der Waals surface area (Å²) in [6.45, 7) is 0.798. The number of ether oxygens (including phenoxy) is 2. The van der Waals surface area contributed by atoms with Gasteiger partial charge in [0.15, 0.2) is 0 Å². The van der Waals surface area contributed by atoms with E-state index in [1.165, 1.54) is 16.4 Å². The summed E-state index contributed by atoms with van der Waals surface area (Å²) in [7, 11) is 1.61. The van der Waals surface area contributed by atoms with Crippen LogP contribution in [0.4, 0.5) is 5.95 Å². The highest BCUT2D eigenvalue weighted by Crippen LogP contribution is 2.20. The number of hydrogen-bond donors (Lipinski definition) is 3. The van der Waals surface area contributed by atoms with E-state index in [1.807, 2.05) is 72.8 Å². The maximum Gasteiger partial charge on any atom is 0.264 e.